The van der Waals surface area contributed by atoms with Gasteiger partial charge in [-0.15, -0.1) is 11.3 Å². The number of nitrogens with one attached hydrogen (secondary N) is 1. The summed E-state index contributed by atoms with van der Waals surface area (Å²) in [5, 5.41) is 14.2. The van der Waals surface area contributed by atoms with Crippen molar-refractivity contribution in [1.29, 1.82) is 0 Å². The first-order valence-corrected chi connectivity index (χ1v) is 7.41. The lowest BCUT2D eigenvalue weighted by molar-refractivity contribution is -0.385. The average Bonchev–Trinajstić information content (AvgIpc) is 2.95. The van der Waals surface area contributed by atoms with Crippen LogP contribution in [0.4, 0.5) is 11.4 Å². The van der Waals surface area contributed by atoms with Crippen LogP contribution in [0.5, 0.6) is 0 Å². The van der Waals surface area contributed by atoms with E-state index in [1.807, 2.05) is 29.8 Å². The first-order valence-electron chi connectivity index (χ1n) is 6.53. The summed E-state index contributed by atoms with van der Waals surface area (Å²) in [6, 6.07) is 12.8. The van der Waals surface area contributed by atoms with E-state index in [1.165, 1.54) is 0 Å². The fraction of sp³-hybridized carbons (Fsp3) is 0.133. The number of aromatic nitrogens is 1. The first-order chi connectivity index (χ1) is 10.2. The minimum absolute atomic E-state index is 0.178. The van der Waals surface area contributed by atoms with Crippen molar-refractivity contribution in [2.24, 2.45) is 0 Å². The van der Waals surface area contributed by atoms with Crippen molar-refractivity contribution in [1.82, 2.24) is 4.98 Å². The molecule has 0 saturated heterocycles. The quantitative estimate of drug-likeness (QED) is 0.574. The smallest absolute Gasteiger partial charge is 0.272 e. The van der Waals surface area contributed by atoms with Gasteiger partial charge in [-0.2, -0.15) is 0 Å². The number of rotatable bonds is 5. The van der Waals surface area contributed by atoms with Gasteiger partial charge < -0.3 is 5.32 Å². The summed E-state index contributed by atoms with van der Waals surface area (Å²) in [6.45, 7) is 0.648. The van der Waals surface area contributed by atoms with Gasteiger partial charge in [0.15, 0.2) is 0 Å². The van der Waals surface area contributed by atoms with Crippen molar-refractivity contribution in [2.75, 3.05) is 11.9 Å². The second kappa shape index (κ2) is 5.88. The second-order valence-corrected chi connectivity index (χ2v) is 5.48. The van der Waals surface area contributed by atoms with Gasteiger partial charge >= 0.3 is 0 Å². The van der Waals surface area contributed by atoms with Gasteiger partial charge in [0.2, 0.25) is 0 Å². The third kappa shape index (κ3) is 3.00. The van der Waals surface area contributed by atoms with E-state index >= 15 is 0 Å². The molecular formula is C15H13N3O2S. The van der Waals surface area contributed by atoms with Gasteiger partial charge in [0.05, 0.1) is 20.7 Å². The Balaban J connectivity index is 1.67. The molecule has 1 N–H and O–H groups in total. The molecule has 0 atom stereocenters. The van der Waals surface area contributed by atoms with Crippen LogP contribution in [0.25, 0.3) is 10.2 Å². The minimum atomic E-state index is -0.335. The number of hydrogen-bond acceptors (Lipinski definition) is 5. The van der Waals surface area contributed by atoms with Crippen LogP contribution in [0.1, 0.15) is 5.56 Å². The second-order valence-electron chi connectivity index (χ2n) is 4.60. The van der Waals surface area contributed by atoms with Gasteiger partial charge in [0.1, 0.15) is 0 Å². The van der Waals surface area contributed by atoms with Gasteiger partial charge in [-0.1, -0.05) is 18.2 Å². The van der Waals surface area contributed by atoms with Crippen LogP contribution < -0.4 is 5.32 Å². The molecule has 0 aliphatic heterocycles. The number of nitro groups is 1. The van der Waals surface area contributed by atoms with Crippen molar-refractivity contribution in [3.05, 3.63) is 63.7 Å². The lowest BCUT2D eigenvalue weighted by Gasteiger charge is -2.07. The van der Waals surface area contributed by atoms with E-state index in [9.17, 15) is 10.1 Å². The maximum Gasteiger partial charge on any atom is 0.272 e. The van der Waals surface area contributed by atoms with Crippen LogP contribution >= 0.6 is 11.3 Å². The molecule has 1 heterocycles. The highest BCUT2D eigenvalue weighted by molar-refractivity contribution is 7.16. The van der Waals surface area contributed by atoms with Gasteiger partial charge in [-0.3, -0.25) is 10.1 Å². The van der Waals surface area contributed by atoms with E-state index in [1.54, 1.807) is 29.5 Å². The number of nitrogens with zero attached hydrogens (tertiary/aromatic N) is 2. The fourth-order valence-electron chi connectivity index (χ4n) is 2.21. The summed E-state index contributed by atoms with van der Waals surface area (Å²) in [5.74, 6) is 0. The standard InChI is InChI=1S/C15H13N3O2S/c19-18(20)14-4-2-1-3-11(14)7-8-16-12-5-6-13-15(9-12)21-10-17-13/h1-6,9-10,16H,7-8H2. The van der Waals surface area contributed by atoms with Crippen molar-refractivity contribution in [3.8, 4) is 0 Å². The Morgan fingerprint density at radius 3 is 2.95 bits per heavy atom. The van der Waals surface area contributed by atoms with Gasteiger partial charge in [0.25, 0.3) is 5.69 Å². The average molecular weight is 299 g/mol. The lowest BCUT2D eigenvalue weighted by Crippen LogP contribution is -2.06. The molecule has 0 aliphatic rings. The van der Waals surface area contributed by atoms with E-state index in [0.29, 0.717) is 13.0 Å². The van der Waals surface area contributed by atoms with Crippen molar-refractivity contribution in [2.45, 2.75) is 6.42 Å². The van der Waals surface area contributed by atoms with Crippen LogP contribution in [-0.4, -0.2) is 16.5 Å². The molecule has 0 amide bonds. The Hall–Kier alpha value is -2.47. The molecule has 0 unspecified atom stereocenters. The molecule has 21 heavy (non-hydrogen) atoms. The van der Waals surface area contributed by atoms with E-state index in [0.717, 1.165) is 21.5 Å². The van der Waals surface area contributed by atoms with Crippen molar-refractivity contribution >= 4 is 32.9 Å². The molecule has 0 radical (unpaired) electrons. The molecular weight excluding hydrogens is 286 g/mol. The largest absolute Gasteiger partial charge is 0.385 e. The Kier molecular flexibility index (Phi) is 3.79. The summed E-state index contributed by atoms with van der Waals surface area (Å²) >= 11 is 1.60. The predicted octanol–water partition coefficient (Wildman–Crippen LogP) is 3.86. The Morgan fingerprint density at radius 1 is 1.24 bits per heavy atom. The highest BCUT2D eigenvalue weighted by Gasteiger charge is 2.11. The van der Waals surface area contributed by atoms with Gasteiger partial charge in [-0.25, -0.2) is 4.98 Å². The Labute approximate surface area is 125 Å². The van der Waals surface area contributed by atoms with Crippen LogP contribution in [0.2, 0.25) is 0 Å². The molecule has 0 bridgehead atoms. The third-order valence-electron chi connectivity index (χ3n) is 3.24. The topological polar surface area (TPSA) is 68.1 Å². The van der Waals surface area contributed by atoms with Crippen LogP contribution in [0, 0.1) is 10.1 Å². The van der Waals surface area contributed by atoms with E-state index in [4.69, 9.17) is 0 Å². The molecule has 106 valence electrons. The Bertz CT molecular complexity index is 785. The zero-order chi connectivity index (χ0) is 14.7. The first kappa shape index (κ1) is 13.5. The molecule has 3 rings (SSSR count). The number of thiazole rings is 1. The molecule has 2 aromatic carbocycles. The SMILES string of the molecule is O=[N+]([O-])c1ccccc1CCNc1ccc2ncsc2c1. The van der Waals surface area contributed by atoms with Crippen LogP contribution in [-0.2, 0) is 6.42 Å². The van der Waals surface area contributed by atoms with Crippen LogP contribution in [0.3, 0.4) is 0 Å². The lowest BCUT2D eigenvalue weighted by atomic mass is 10.1. The van der Waals surface area contributed by atoms with Gasteiger partial charge in [-0.05, 0) is 24.6 Å². The van der Waals surface area contributed by atoms with Crippen molar-refractivity contribution < 1.29 is 4.92 Å². The van der Waals surface area contributed by atoms with E-state index in [2.05, 4.69) is 10.3 Å². The molecule has 1 aromatic heterocycles. The summed E-state index contributed by atoms with van der Waals surface area (Å²) in [4.78, 5) is 14.9. The molecule has 0 saturated carbocycles. The number of fused-ring (bicyclic) bond motifs is 1. The molecule has 5 nitrogen and oxygen atoms in total. The number of nitro benzene ring substituents is 1. The minimum Gasteiger partial charge on any atom is -0.385 e. The zero-order valence-corrected chi connectivity index (χ0v) is 12.0. The number of benzene rings is 2. The highest BCUT2D eigenvalue weighted by Crippen LogP contribution is 2.22. The predicted molar refractivity (Wildman–Crippen MR) is 84.9 cm³/mol. The maximum atomic E-state index is 11.0. The monoisotopic (exact) mass is 299 g/mol. The summed E-state index contributed by atoms with van der Waals surface area (Å²) in [6.07, 6.45) is 0.609. The zero-order valence-electron chi connectivity index (χ0n) is 11.2. The van der Waals surface area contributed by atoms with Crippen molar-refractivity contribution in [3.63, 3.8) is 0 Å². The number of hydrogen-bond donors (Lipinski definition) is 1. The van der Waals surface area contributed by atoms with Crippen LogP contribution in [0.15, 0.2) is 48.0 Å². The number of para-hydroxylation sites is 1. The fourth-order valence-corrected chi connectivity index (χ4v) is 2.92. The van der Waals surface area contributed by atoms with Gasteiger partial charge in [0, 0.05) is 23.9 Å². The summed E-state index contributed by atoms with van der Waals surface area (Å²) < 4.78 is 1.13. The van der Waals surface area contributed by atoms with E-state index in [-0.39, 0.29) is 10.6 Å². The summed E-state index contributed by atoms with van der Waals surface area (Å²) in [7, 11) is 0. The molecule has 3 aromatic rings. The maximum absolute atomic E-state index is 11.0. The third-order valence-corrected chi connectivity index (χ3v) is 4.03. The summed E-state index contributed by atoms with van der Waals surface area (Å²) in [5.41, 5.74) is 4.74. The molecule has 0 spiro atoms. The normalized spacial score (nSPS) is 10.7. The molecule has 0 fully saturated rings. The molecule has 0 aliphatic carbocycles. The highest BCUT2D eigenvalue weighted by atomic mass is 32.1. The van der Waals surface area contributed by atoms with E-state index < -0.39 is 0 Å². The Morgan fingerprint density at radius 2 is 2.10 bits per heavy atom. The molecule has 6 heteroatoms. The number of anilines is 1.